The van der Waals surface area contributed by atoms with Gasteiger partial charge in [-0.1, -0.05) is 13.8 Å². The number of rotatable bonds is 3. The van der Waals surface area contributed by atoms with Crippen molar-refractivity contribution in [3.8, 4) is 0 Å². The molecule has 5 heteroatoms. The summed E-state index contributed by atoms with van der Waals surface area (Å²) in [5.74, 6) is 0.412. The Hall–Kier alpha value is -0.420. The second-order valence-electron chi connectivity index (χ2n) is 5.58. The molecule has 0 aliphatic heterocycles. The van der Waals surface area contributed by atoms with Crippen molar-refractivity contribution in [2.45, 2.75) is 33.1 Å². The van der Waals surface area contributed by atoms with Crippen molar-refractivity contribution in [1.29, 1.82) is 0 Å². The van der Waals surface area contributed by atoms with Crippen LogP contribution >= 0.6 is 0 Å². The fourth-order valence-electron chi connectivity index (χ4n) is 3.99. The number of carbonyl (C=O) groups is 1. The number of ketones is 1. The molecule has 0 spiro atoms. The second-order valence-corrected chi connectivity index (χ2v) is 7.03. The maximum Gasteiger partial charge on any atom is 0.265 e. The maximum absolute atomic E-state index is 12.0. The van der Waals surface area contributed by atoms with Gasteiger partial charge in [0.2, 0.25) is 0 Å². The molecule has 0 amide bonds. The van der Waals surface area contributed by atoms with Gasteiger partial charge >= 0.3 is 0 Å². The molecule has 2 aliphatic rings. The van der Waals surface area contributed by atoms with Crippen LogP contribution in [0.3, 0.4) is 0 Å². The lowest BCUT2D eigenvalue weighted by Crippen LogP contribution is -2.39. The third-order valence-electron chi connectivity index (χ3n) is 4.27. The fraction of sp³-hybridized carbons (Fsp3) is 0.909. The van der Waals surface area contributed by atoms with Crippen molar-refractivity contribution >= 4 is 15.9 Å². The predicted octanol–water partition coefficient (Wildman–Crippen LogP) is 1.52. The first kappa shape index (κ1) is 12.0. The van der Waals surface area contributed by atoms with Crippen LogP contribution in [0.25, 0.3) is 0 Å². The van der Waals surface area contributed by atoms with Crippen LogP contribution in [0.5, 0.6) is 0 Å². The fourth-order valence-corrected chi connectivity index (χ4v) is 5.14. The first-order chi connectivity index (χ1) is 7.26. The quantitative estimate of drug-likeness (QED) is 0.766. The van der Waals surface area contributed by atoms with E-state index in [4.69, 9.17) is 4.55 Å². The predicted molar refractivity (Wildman–Crippen MR) is 59.5 cm³/mol. The standard InChI is InChI=1S/C11H18O4S/c1-7(2)10-8-3-4-11(10,9(12)5-8)6-16(13,14)15/h7-8,10H,3-6H2,1-2H3,(H,13,14,15)/t8-,10?,11?/m1/s1. The van der Waals surface area contributed by atoms with Gasteiger partial charge in [0.15, 0.2) is 0 Å². The summed E-state index contributed by atoms with van der Waals surface area (Å²) in [5.41, 5.74) is -0.785. The molecule has 0 heterocycles. The molecule has 0 aromatic rings. The largest absolute Gasteiger partial charge is 0.299 e. The lowest BCUT2D eigenvalue weighted by molar-refractivity contribution is -0.127. The van der Waals surface area contributed by atoms with E-state index in [2.05, 4.69) is 0 Å². The van der Waals surface area contributed by atoms with Crippen molar-refractivity contribution in [3.63, 3.8) is 0 Å². The normalized spacial score (nSPS) is 38.6. The minimum absolute atomic E-state index is 0.0417. The van der Waals surface area contributed by atoms with Crippen molar-refractivity contribution in [2.75, 3.05) is 5.75 Å². The van der Waals surface area contributed by atoms with E-state index in [9.17, 15) is 13.2 Å². The Morgan fingerprint density at radius 3 is 2.56 bits per heavy atom. The van der Waals surface area contributed by atoms with Gasteiger partial charge in [-0.15, -0.1) is 0 Å². The Balaban J connectivity index is 2.38. The van der Waals surface area contributed by atoms with E-state index in [1.807, 2.05) is 13.8 Å². The molecule has 2 aliphatic carbocycles. The highest BCUT2D eigenvalue weighted by Gasteiger charge is 2.61. The van der Waals surface area contributed by atoms with Crippen molar-refractivity contribution < 1.29 is 17.8 Å². The summed E-state index contributed by atoms with van der Waals surface area (Å²) < 4.78 is 31.2. The van der Waals surface area contributed by atoms with Gasteiger partial charge in [0.05, 0.1) is 5.75 Å². The lowest BCUT2D eigenvalue weighted by atomic mass is 9.75. The van der Waals surface area contributed by atoms with Crippen LogP contribution in [-0.4, -0.2) is 24.5 Å². The Kier molecular flexibility index (Phi) is 2.66. The highest BCUT2D eigenvalue weighted by atomic mass is 32.2. The van der Waals surface area contributed by atoms with E-state index >= 15 is 0 Å². The number of carbonyl (C=O) groups excluding carboxylic acids is 1. The van der Waals surface area contributed by atoms with E-state index < -0.39 is 15.5 Å². The molecule has 16 heavy (non-hydrogen) atoms. The van der Waals surface area contributed by atoms with Crippen LogP contribution in [0.2, 0.25) is 0 Å². The zero-order chi connectivity index (χ0) is 12.1. The molecule has 1 N–H and O–H groups in total. The van der Waals surface area contributed by atoms with Crippen molar-refractivity contribution in [2.24, 2.45) is 23.2 Å². The van der Waals surface area contributed by atoms with Gasteiger partial charge in [-0.2, -0.15) is 8.42 Å². The molecule has 0 aromatic carbocycles. The van der Waals surface area contributed by atoms with Gasteiger partial charge in [0.1, 0.15) is 5.78 Å². The van der Waals surface area contributed by atoms with Gasteiger partial charge in [-0.3, -0.25) is 9.35 Å². The zero-order valence-electron chi connectivity index (χ0n) is 9.64. The average Bonchev–Trinajstić information content (AvgIpc) is 2.52. The summed E-state index contributed by atoms with van der Waals surface area (Å²) in [4.78, 5) is 12.0. The molecular weight excluding hydrogens is 228 g/mol. The molecule has 2 saturated carbocycles. The second kappa shape index (κ2) is 3.53. The highest BCUT2D eigenvalue weighted by molar-refractivity contribution is 7.85. The molecule has 4 nitrogen and oxygen atoms in total. The number of fused-ring (bicyclic) bond motifs is 2. The topological polar surface area (TPSA) is 71.4 Å². The minimum atomic E-state index is -4.07. The van der Waals surface area contributed by atoms with Gasteiger partial charge in [0, 0.05) is 11.8 Å². The molecular formula is C11H18O4S. The van der Waals surface area contributed by atoms with Crippen molar-refractivity contribution in [3.05, 3.63) is 0 Å². The van der Waals surface area contributed by atoms with Gasteiger partial charge in [-0.25, -0.2) is 0 Å². The van der Waals surface area contributed by atoms with Gasteiger partial charge < -0.3 is 0 Å². The molecule has 2 bridgehead atoms. The van der Waals surface area contributed by atoms with Crippen LogP contribution < -0.4 is 0 Å². The smallest absolute Gasteiger partial charge is 0.265 e. The van der Waals surface area contributed by atoms with Gasteiger partial charge in [-0.05, 0) is 30.6 Å². The molecule has 2 fully saturated rings. The number of Topliss-reactive ketones (excluding diaryl/α,β-unsaturated/α-hetero) is 1. The van der Waals surface area contributed by atoms with E-state index in [1.54, 1.807) is 0 Å². The average molecular weight is 246 g/mol. The molecule has 2 rings (SSSR count). The SMILES string of the molecule is CC(C)C1[C@@H]2CCC1(CS(=O)(=O)O)C(=O)C2. The Morgan fingerprint density at radius 1 is 1.50 bits per heavy atom. The molecule has 0 radical (unpaired) electrons. The van der Waals surface area contributed by atoms with E-state index in [-0.39, 0.29) is 17.5 Å². The monoisotopic (exact) mass is 246 g/mol. The van der Waals surface area contributed by atoms with E-state index in [0.29, 0.717) is 24.7 Å². The number of hydrogen-bond acceptors (Lipinski definition) is 3. The summed E-state index contributed by atoms with van der Waals surface area (Å²) >= 11 is 0. The maximum atomic E-state index is 12.0. The Bertz CT molecular complexity index is 412. The van der Waals surface area contributed by atoms with Gasteiger partial charge in [0.25, 0.3) is 10.1 Å². The summed E-state index contributed by atoms with van der Waals surface area (Å²) in [5, 5.41) is 0. The summed E-state index contributed by atoms with van der Waals surface area (Å²) in [6.07, 6.45) is 2.04. The minimum Gasteiger partial charge on any atom is -0.299 e. The molecule has 2 unspecified atom stereocenters. The van der Waals surface area contributed by atoms with E-state index in [1.165, 1.54) is 0 Å². The molecule has 92 valence electrons. The molecule has 0 saturated heterocycles. The highest BCUT2D eigenvalue weighted by Crippen LogP contribution is 2.59. The van der Waals surface area contributed by atoms with Crippen molar-refractivity contribution in [1.82, 2.24) is 0 Å². The molecule has 3 atom stereocenters. The molecule has 0 aromatic heterocycles. The van der Waals surface area contributed by atoms with E-state index in [0.717, 1.165) is 6.42 Å². The third kappa shape index (κ3) is 1.70. The first-order valence-electron chi connectivity index (χ1n) is 5.75. The first-order valence-corrected chi connectivity index (χ1v) is 7.36. The summed E-state index contributed by atoms with van der Waals surface area (Å²) in [7, 11) is -4.07. The van der Waals surface area contributed by atoms with Crippen LogP contribution in [-0.2, 0) is 14.9 Å². The van der Waals surface area contributed by atoms with Crippen LogP contribution in [0.1, 0.15) is 33.1 Å². The lowest BCUT2D eigenvalue weighted by Gasteiger charge is -2.31. The number of hydrogen-bond donors (Lipinski definition) is 1. The Labute approximate surface area is 96.2 Å². The van der Waals surface area contributed by atoms with Crippen LogP contribution in [0, 0.1) is 23.2 Å². The Morgan fingerprint density at radius 2 is 2.12 bits per heavy atom. The van der Waals surface area contributed by atoms with Crippen LogP contribution in [0.15, 0.2) is 0 Å². The summed E-state index contributed by atoms with van der Waals surface area (Å²) in [6.45, 7) is 4.06. The zero-order valence-corrected chi connectivity index (χ0v) is 10.5. The van der Waals surface area contributed by atoms with Crippen LogP contribution in [0.4, 0.5) is 0 Å². The summed E-state index contributed by atoms with van der Waals surface area (Å²) in [6, 6.07) is 0. The third-order valence-corrected chi connectivity index (χ3v) is 5.15.